The molecule has 0 aromatic heterocycles. The van der Waals surface area contributed by atoms with Crippen LogP contribution in [0.3, 0.4) is 0 Å². The lowest BCUT2D eigenvalue weighted by Crippen LogP contribution is -2.16. The van der Waals surface area contributed by atoms with Crippen LogP contribution in [0.5, 0.6) is 0 Å². The third kappa shape index (κ3) is 11.5. The van der Waals surface area contributed by atoms with E-state index in [9.17, 15) is 0 Å². The molecule has 3 aliphatic rings. The summed E-state index contributed by atoms with van der Waals surface area (Å²) in [7, 11) is 0. The minimum Gasteiger partial charge on any atom is -0.379 e. The molecular weight excluding hydrogens is 543 g/mol. The van der Waals surface area contributed by atoms with Gasteiger partial charge < -0.3 is 22.9 Å². The number of hydrogen-bond donors (Lipinski definition) is 4. The zero-order valence-electron chi connectivity index (χ0n) is 23.0. The Labute approximate surface area is 246 Å². The zero-order valence-corrected chi connectivity index (χ0v) is 25.4. The fraction of sp³-hybridized carbons (Fsp3) is 0.483. The molecule has 3 heterocycles. The molecule has 7 nitrogen and oxygen atoms in total. The number of aliphatic imine (C=N–C) groups is 3. The summed E-state index contributed by atoms with van der Waals surface area (Å²) in [6, 6.07) is 22.1. The number of hydrogen-bond acceptors (Lipinski definition) is 10. The maximum atomic E-state index is 5.68. The highest BCUT2D eigenvalue weighted by Gasteiger charge is 2.25. The van der Waals surface area contributed by atoms with Gasteiger partial charge in [0.25, 0.3) is 0 Å². The van der Waals surface area contributed by atoms with E-state index in [1.165, 1.54) is 17.5 Å². The second-order valence-corrected chi connectivity index (χ2v) is 13.6. The second-order valence-electron chi connectivity index (χ2n) is 9.81. The highest BCUT2D eigenvalue weighted by atomic mass is 32.2. The molecule has 0 fully saturated rings. The SMILES string of the molecule is C[C@@H]1SC(N)=N[C@H]1Cc1ccccc1.C[C@H]1SC(N)=N[C@H]1Cc1ccccc1.NCCCC[C@H]1CSC(N)=N1. The summed E-state index contributed by atoms with van der Waals surface area (Å²) in [5.41, 5.74) is 24.9. The Kier molecular flexibility index (Phi) is 13.6. The number of amidine groups is 3. The number of thioether (sulfide) groups is 3. The Hall–Kier alpha value is -2.14. The fourth-order valence-corrected chi connectivity index (χ4v) is 6.99. The summed E-state index contributed by atoms with van der Waals surface area (Å²) in [6.45, 7) is 5.16. The van der Waals surface area contributed by atoms with Crippen LogP contribution in [-0.2, 0) is 12.8 Å². The Balaban J connectivity index is 0.000000163. The van der Waals surface area contributed by atoms with Gasteiger partial charge >= 0.3 is 0 Å². The topological polar surface area (TPSA) is 141 Å². The van der Waals surface area contributed by atoms with E-state index in [4.69, 9.17) is 22.9 Å². The Morgan fingerprint density at radius 1 is 0.692 bits per heavy atom. The first kappa shape index (κ1) is 31.4. The van der Waals surface area contributed by atoms with Gasteiger partial charge in [0.2, 0.25) is 0 Å². The van der Waals surface area contributed by atoms with Crippen molar-refractivity contribution in [1.29, 1.82) is 0 Å². The fourth-order valence-electron chi connectivity index (χ4n) is 4.38. The lowest BCUT2D eigenvalue weighted by Gasteiger charge is -2.11. The van der Waals surface area contributed by atoms with Crippen molar-refractivity contribution in [3.05, 3.63) is 71.8 Å². The molecule has 212 valence electrons. The van der Waals surface area contributed by atoms with Gasteiger partial charge in [0, 0.05) is 16.3 Å². The predicted molar refractivity (Wildman–Crippen MR) is 176 cm³/mol. The first-order valence-electron chi connectivity index (χ1n) is 13.6. The van der Waals surface area contributed by atoms with Gasteiger partial charge in [0.1, 0.15) is 0 Å². The van der Waals surface area contributed by atoms with Crippen molar-refractivity contribution >= 4 is 50.8 Å². The molecule has 0 aliphatic carbocycles. The van der Waals surface area contributed by atoms with E-state index < -0.39 is 0 Å². The van der Waals surface area contributed by atoms with Gasteiger partial charge in [0.05, 0.1) is 18.1 Å². The van der Waals surface area contributed by atoms with Crippen molar-refractivity contribution in [3.8, 4) is 0 Å². The summed E-state index contributed by atoms with van der Waals surface area (Å²) in [5, 5.41) is 3.24. The van der Waals surface area contributed by atoms with Crippen molar-refractivity contribution in [1.82, 2.24) is 0 Å². The van der Waals surface area contributed by atoms with E-state index in [-0.39, 0.29) is 0 Å². The molecule has 3 aliphatic heterocycles. The molecule has 2 aromatic rings. The molecule has 0 spiro atoms. The third-order valence-corrected chi connectivity index (χ3v) is 9.60. The minimum atomic E-state index is 0.349. The third-order valence-electron chi connectivity index (χ3n) is 6.58. The molecule has 0 saturated heterocycles. The molecule has 0 amide bonds. The predicted octanol–water partition coefficient (Wildman–Crippen LogP) is 4.64. The largest absolute Gasteiger partial charge is 0.379 e. The van der Waals surface area contributed by atoms with Crippen LogP contribution >= 0.6 is 35.3 Å². The number of benzene rings is 2. The molecular formula is C29H43N7S3. The van der Waals surface area contributed by atoms with E-state index in [1.54, 1.807) is 35.3 Å². The van der Waals surface area contributed by atoms with Gasteiger partial charge in [-0.1, -0.05) is 116 Å². The molecule has 10 heteroatoms. The summed E-state index contributed by atoms with van der Waals surface area (Å²) >= 11 is 5.01. The summed E-state index contributed by atoms with van der Waals surface area (Å²) in [6.07, 6.45) is 5.42. The van der Waals surface area contributed by atoms with Gasteiger partial charge in [-0.05, 0) is 43.4 Å². The standard InChI is InChI=1S/2C11H14N2S.C7H15N3S/c2*1-8-10(13-11(12)14-8)7-9-5-3-2-4-6-9;8-4-2-1-3-6-5-11-7(9)10-6/h2*2-6,8,10H,7H2,1H3,(H2,12,13);6H,1-5,8H2,(H2,9,10)/t8-,10+;8-,10-;6-/m100/s1. The van der Waals surface area contributed by atoms with Gasteiger partial charge in [-0.3, -0.25) is 15.0 Å². The lowest BCUT2D eigenvalue weighted by atomic mass is 10.0. The first-order valence-corrected chi connectivity index (χ1v) is 16.3. The van der Waals surface area contributed by atoms with Crippen molar-refractivity contribution in [2.75, 3.05) is 12.3 Å². The Bertz CT molecular complexity index is 1010. The smallest absolute Gasteiger partial charge is 0.154 e. The zero-order chi connectivity index (χ0) is 28.0. The van der Waals surface area contributed by atoms with Gasteiger partial charge in [-0.15, -0.1) is 0 Å². The monoisotopic (exact) mass is 585 g/mol. The summed E-state index contributed by atoms with van der Waals surface area (Å²) < 4.78 is 0. The van der Waals surface area contributed by atoms with Crippen LogP contribution in [0, 0.1) is 0 Å². The van der Waals surface area contributed by atoms with Crippen LogP contribution in [0.25, 0.3) is 0 Å². The van der Waals surface area contributed by atoms with E-state index in [2.05, 4.69) is 77.4 Å². The molecule has 8 N–H and O–H groups in total. The number of nitrogens with zero attached hydrogens (tertiary/aromatic N) is 3. The van der Waals surface area contributed by atoms with Crippen molar-refractivity contribution in [2.24, 2.45) is 37.9 Å². The van der Waals surface area contributed by atoms with Gasteiger partial charge in [-0.25, -0.2) is 0 Å². The van der Waals surface area contributed by atoms with Crippen molar-refractivity contribution < 1.29 is 0 Å². The summed E-state index contributed by atoms with van der Waals surface area (Å²) in [5.74, 6) is 1.07. The van der Waals surface area contributed by atoms with Gasteiger partial charge in [-0.2, -0.15) is 0 Å². The molecule has 2 aromatic carbocycles. The number of rotatable bonds is 8. The molecule has 5 atom stereocenters. The number of unbranched alkanes of at least 4 members (excludes halogenated alkanes) is 1. The lowest BCUT2D eigenvalue weighted by molar-refractivity contribution is 0.614. The van der Waals surface area contributed by atoms with Crippen LogP contribution in [0.15, 0.2) is 75.6 Å². The first-order chi connectivity index (χ1) is 18.8. The van der Waals surface area contributed by atoms with Crippen LogP contribution in [0.4, 0.5) is 0 Å². The second kappa shape index (κ2) is 16.8. The highest BCUT2D eigenvalue weighted by Crippen LogP contribution is 2.27. The van der Waals surface area contributed by atoms with Crippen LogP contribution < -0.4 is 22.9 Å². The van der Waals surface area contributed by atoms with E-state index >= 15 is 0 Å². The van der Waals surface area contributed by atoms with Crippen molar-refractivity contribution in [2.45, 2.75) is 74.6 Å². The molecule has 0 bridgehead atoms. The average molecular weight is 586 g/mol. The van der Waals surface area contributed by atoms with E-state index in [1.807, 2.05) is 12.1 Å². The average Bonchev–Trinajstić information content (AvgIpc) is 3.58. The van der Waals surface area contributed by atoms with Crippen molar-refractivity contribution in [3.63, 3.8) is 0 Å². The van der Waals surface area contributed by atoms with E-state index in [0.717, 1.165) is 53.5 Å². The molecule has 0 unspecified atom stereocenters. The van der Waals surface area contributed by atoms with Crippen LogP contribution in [0.2, 0.25) is 0 Å². The quantitative estimate of drug-likeness (QED) is 0.331. The maximum absolute atomic E-state index is 5.68. The Morgan fingerprint density at radius 3 is 1.54 bits per heavy atom. The minimum absolute atomic E-state index is 0.349. The van der Waals surface area contributed by atoms with Crippen LogP contribution in [0.1, 0.15) is 44.2 Å². The van der Waals surface area contributed by atoms with E-state index in [0.29, 0.717) is 28.6 Å². The van der Waals surface area contributed by atoms with Gasteiger partial charge in [0.15, 0.2) is 15.5 Å². The molecule has 0 radical (unpaired) electrons. The highest BCUT2D eigenvalue weighted by molar-refractivity contribution is 8.15. The Morgan fingerprint density at radius 2 is 1.18 bits per heavy atom. The molecule has 39 heavy (non-hydrogen) atoms. The van der Waals surface area contributed by atoms with Crippen LogP contribution in [-0.4, -0.2) is 56.4 Å². The normalized spacial score (nSPS) is 25.5. The molecule has 5 rings (SSSR count). The maximum Gasteiger partial charge on any atom is 0.154 e. The molecule has 0 saturated carbocycles. The number of nitrogens with two attached hydrogens (primary N) is 4. The summed E-state index contributed by atoms with van der Waals surface area (Å²) in [4.78, 5) is 13.1.